The number of aromatic amines is 2. The molecule has 0 aliphatic carbocycles. The van der Waals surface area contributed by atoms with Crippen LogP contribution in [0.25, 0.3) is 11.4 Å². The normalized spacial score (nSPS) is 13.6. The monoisotopic (exact) mass is 336 g/mol. The Hall–Kier alpha value is -3.09. The zero-order valence-corrected chi connectivity index (χ0v) is 14.3. The van der Waals surface area contributed by atoms with E-state index in [9.17, 15) is 4.79 Å². The van der Waals surface area contributed by atoms with Crippen molar-refractivity contribution in [1.82, 2.24) is 25.1 Å². The molecule has 3 aromatic rings. The summed E-state index contributed by atoms with van der Waals surface area (Å²) in [5.74, 6) is 0.844. The molecule has 1 aromatic carbocycles. The maximum absolute atomic E-state index is 13.0. The molecule has 0 radical (unpaired) electrons. The summed E-state index contributed by atoms with van der Waals surface area (Å²) in [6.07, 6.45) is 4.29. The molecule has 0 fully saturated rings. The lowest BCUT2D eigenvalue weighted by atomic mass is 10.1. The van der Waals surface area contributed by atoms with Gasteiger partial charge in [-0.15, -0.1) is 0 Å². The fourth-order valence-corrected chi connectivity index (χ4v) is 3.20. The van der Waals surface area contributed by atoms with Gasteiger partial charge in [0.15, 0.2) is 0 Å². The summed E-state index contributed by atoms with van der Waals surface area (Å²) in [7, 11) is 3.90. The molecule has 7 nitrogen and oxygen atoms in total. The molecule has 0 bridgehead atoms. The van der Waals surface area contributed by atoms with Gasteiger partial charge in [0.2, 0.25) is 0 Å². The highest BCUT2D eigenvalue weighted by atomic mass is 16.2. The molecule has 0 spiro atoms. The molecule has 7 heteroatoms. The van der Waals surface area contributed by atoms with Crippen LogP contribution in [-0.4, -0.2) is 51.6 Å². The Morgan fingerprint density at radius 3 is 2.88 bits per heavy atom. The van der Waals surface area contributed by atoms with Gasteiger partial charge >= 0.3 is 0 Å². The highest BCUT2D eigenvalue weighted by Crippen LogP contribution is 2.25. The molecule has 1 aliphatic rings. The molecule has 0 atom stereocenters. The lowest BCUT2D eigenvalue weighted by Gasteiger charge is -2.28. The number of rotatable bonds is 3. The zero-order chi connectivity index (χ0) is 17.4. The van der Waals surface area contributed by atoms with Gasteiger partial charge in [-0.1, -0.05) is 12.1 Å². The average Bonchev–Trinajstić information content (AvgIpc) is 3.29. The maximum atomic E-state index is 13.0. The number of para-hydroxylation sites is 1. The fraction of sp³-hybridized carbons (Fsp3) is 0.278. The number of amides is 1. The number of aromatic nitrogens is 4. The van der Waals surface area contributed by atoms with Gasteiger partial charge in [-0.2, -0.15) is 5.10 Å². The lowest BCUT2D eigenvalue weighted by Crippen LogP contribution is -2.36. The number of carbonyl (C=O) groups is 1. The van der Waals surface area contributed by atoms with E-state index < -0.39 is 0 Å². The van der Waals surface area contributed by atoms with E-state index in [1.165, 1.54) is 0 Å². The molecule has 0 saturated carbocycles. The van der Waals surface area contributed by atoms with Crippen LogP contribution in [0.5, 0.6) is 0 Å². The van der Waals surface area contributed by atoms with Crippen LogP contribution in [0.15, 0.2) is 36.7 Å². The van der Waals surface area contributed by atoms with Crippen LogP contribution in [0.1, 0.15) is 21.7 Å². The number of fused-ring (bicyclic) bond motifs is 1. The molecule has 1 aliphatic heterocycles. The molecule has 0 unspecified atom stereocenters. The molecule has 2 N–H and O–H groups in total. The summed E-state index contributed by atoms with van der Waals surface area (Å²) < 4.78 is 0. The molecule has 3 heterocycles. The van der Waals surface area contributed by atoms with Gasteiger partial charge in [0.05, 0.1) is 35.3 Å². The van der Waals surface area contributed by atoms with Crippen LogP contribution in [0.4, 0.5) is 5.69 Å². The number of carbonyl (C=O) groups excluding carboxylic acids is 1. The first-order valence-corrected chi connectivity index (χ1v) is 8.26. The highest BCUT2D eigenvalue weighted by molar-refractivity contribution is 5.99. The van der Waals surface area contributed by atoms with Crippen molar-refractivity contribution in [2.24, 2.45) is 0 Å². The van der Waals surface area contributed by atoms with Gasteiger partial charge in [0, 0.05) is 38.9 Å². The number of imidazole rings is 1. The van der Waals surface area contributed by atoms with Crippen LogP contribution in [0, 0.1) is 0 Å². The lowest BCUT2D eigenvalue weighted by molar-refractivity contribution is 0.0732. The van der Waals surface area contributed by atoms with Crippen molar-refractivity contribution >= 4 is 11.6 Å². The SMILES string of the molecule is CN(C)c1ccccc1C(=O)N1CCc2nc(-c3cn[nH]c3)[nH]c2C1. The Kier molecular flexibility index (Phi) is 3.76. The van der Waals surface area contributed by atoms with Gasteiger partial charge in [-0.25, -0.2) is 4.98 Å². The third-order valence-corrected chi connectivity index (χ3v) is 4.51. The van der Waals surface area contributed by atoms with Crippen LogP contribution in [0.3, 0.4) is 0 Å². The van der Waals surface area contributed by atoms with Crippen molar-refractivity contribution in [1.29, 1.82) is 0 Å². The summed E-state index contributed by atoms with van der Waals surface area (Å²) in [4.78, 5) is 24.8. The number of anilines is 1. The third-order valence-electron chi connectivity index (χ3n) is 4.51. The van der Waals surface area contributed by atoms with E-state index in [4.69, 9.17) is 0 Å². The van der Waals surface area contributed by atoms with Crippen LogP contribution in [-0.2, 0) is 13.0 Å². The summed E-state index contributed by atoms with van der Waals surface area (Å²) in [6.45, 7) is 1.21. The molecule has 25 heavy (non-hydrogen) atoms. The topological polar surface area (TPSA) is 80.9 Å². The van der Waals surface area contributed by atoms with Crippen LogP contribution >= 0.6 is 0 Å². The maximum Gasteiger partial charge on any atom is 0.256 e. The first kappa shape index (κ1) is 15.4. The number of benzene rings is 1. The molecule has 4 rings (SSSR count). The van der Waals surface area contributed by atoms with E-state index in [0.29, 0.717) is 13.1 Å². The molecule has 0 saturated heterocycles. The zero-order valence-electron chi connectivity index (χ0n) is 14.3. The van der Waals surface area contributed by atoms with Gasteiger partial charge < -0.3 is 14.8 Å². The van der Waals surface area contributed by atoms with Gasteiger partial charge in [-0.05, 0) is 12.1 Å². The van der Waals surface area contributed by atoms with E-state index in [1.807, 2.05) is 48.2 Å². The van der Waals surface area contributed by atoms with E-state index in [2.05, 4.69) is 20.2 Å². The first-order valence-electron chi connectivity index (χ1n) is 8.26. The van der Waals surface area contributed by atoms with E-state index >= 15 is 0 Å². The second-order valence-electron chi connectivity index (χ2n) is 6.39. The molecule has 2 aromatic heterocycles. The predicted octanol–water partition coefficient (Wildman–Crippen LogP) is 2.06. The van der Waals surface area contributed by atoms with Crippen molar-refractivity contribution in [3.63, 3.8) is 0 Å². The number of nitrogens with one attached hydrogen (secondary N) is 2. The van der Waals surface area contributed by atoms with Gasteiger partial charge in [0.25, 0.3) is 5.91 Å². The molecular weight excluding hydrogens is 316 g/mol. The summed E-state index contributed by atoms with van der Waals surface area (Å²) in [6, 6.07) is 7.71. The molecule has 1 amide bonds. The first-order chi connectivity index (χ1) is 12.1. The van der Waals surface area contributed by atoms with E-state index in [0.717, 1.165) is 40.4 Å². The molecule has 128 valence electrons. The average molecular weight is 336 g/mol. The summed E-state index contributed by atoms with van der Waals surface area (Å²) >= 11 is 0. The number of nitrogens with zero attached hydrogens (tertiary/aromatic N) is 4. The van der Waals surface area contributed by atoms with Crippen LogP contribution in [0.2, 0.25) is 0 Å². The quantitative estimate of drug-likeness (QED) is 0.767. The minimum Gasteiger partial charge on any atom is -0.377 e. The Balaban J connectivity index is 1.59. The van der Waals surface area contributed by atoms with Crippen molar-refractivity contribution in [3.05, 3.63) is 53.6 Å². The smallest absolute Gasteiger partial charge is 0.256 e. The van der Waals surface area contributed by atoms with Crippen molar-refractivity contribution in [2.75, 3.05) is 25.5 Å². The predicted molar refractivity (Wildman–Crippen MR) is 95.4 cm³/mol. The number of H-pyrrole nitrogens is 2. The Morgan fingerprint density at radius 2 is 2.12 bits per heavy atom. The Bertz CT molecular complexity index is 896. The van der Waals surface area contributed by atoms with Gasteiger partial charge in [-0.3, -0.25) is 9.89 Å². The summed E-state index contributed by atoms with van der Waals surface area (Å²) in [5.41, 5.74) is 4.61. The highest BCUT2D eigenvalue weighted by Gasteiger charge is 2.26. The standard InChI is InChI=1S/C18H20N6O/c1-23(2)16-6-4-3-5-13(16)18(25)24-8-7-14-15(11-24)22-17(21-14)12-9-19-20-10-12/h3-6,9-10H,7-8,11H2,1-2H3,(H,19,20)(H,21,22). The van der Waals surface area contributed by atoms with Crippen molar-refractivity contribution in [2.45, 2.75) is 13.0 Å². The van der Waals surface area contributed by atoms with E-state index in [-0.39, 0.29) is 5.91 Å². The van der Waals surface area contributed by atoms with Crippen molar-refractivity contribution in [3.8, 4) is 11.4 Å². The fourth-order valence-electron chi connectivity index (χ4n) is 3.20. The minimum atomic E-state index is 0.0504. The van der Waals surface area contributed by atoms with Crippen molar-refractivity contribution < 1.29 is 4.79 Å². The largest absolute Gasteiger partial charge is 0.377 e. The molecular formula is C18H20N6O. The number of hydrogen-bond donors (Lipinski definition) is 2. The Morgan fingerprint density at radius 1 is 1.28 bits per heavy atom. The second-order valence-corrected chi connectivity index (χ2v) is 6.39. The third kappa shape index (κ3) is 2.77. The Labute approximate surface area is 145 Å². The van der Waals surface area contributed by atoms with Gasteiger partial charge in [0.1, 0.15) is 5.82 Å². The number of hydrogen-bond acceptors (Lipinski definition) is 4. The van der Waals surface area contributed by atoms with E-state index in [1.54, 1.807) is 12.4 Å². The van der Waals surface area contributed by atoms with Crippen LogP contribution < -0.4 is 4.90 Å². The second kappa shape index (κ2) is 6.08. The minimum absolute atomic E-state index is 0.0504. The summed E-state index contributed by atoms with van der Waals surface area (Å²) in [5, 5.41) is 6.75.